The summed E-state index contributed by atoms with van der Waals surface area (Å²) < 4.78 is 37.6. The Morgan fingerprint density at radius 3 is 2.35 bits per heavy atom. The molecule has 1 unspecified atom stereocenters. The lowest BCUT2D eigenvalue weighted by Crippen LogP contribution is -2.24. The highest BCUT2D eigenvalue weighted by Gasteiger charge is 2.30. The zero-order chi connectivity index (χ0) is 13.1. The molecule has 1 N–H and O–H groups in total. The van der Waals surface area contributed by atoms with Crippen LogP contribution in [0.2, 0.25) is 0 Å². The van der Waals surface area contributed by atoms with Crippen LogP contribution < -0.4 is 5.32 Å². The number of hydrogen-bond donors (Lipinski definition) is 1. The maximum Gasteiger partial charge on any atom is 0.416 e. The lowest BCUT2D eigenvalue weighted by Gasteiger charge is -2.22. The van der Waals surface area contributed by atoms with Crippen molar-refractivity contribution >= 4 is 5.69 Å². The molecule has 0 aliphatic rings. The van der Waals surface area contributed by atoms with Crippen molar-refractivity contribution in [3.63, 3.8) is 0 Å². The molecule has 1 atom stereocenters. The molecule has 1 aromatic carbocycles. The van der Waals surface area contributed by atoms with E-state index in [9.17, 15) is 13.2 Å². The molecule has 96 valence electrons. The number of benzene rings is 1. The van der Waals surface area contributed by atoms with Crippen LogP contribution in [0.25, 0.3) is 0 Å². The Balaban J connectivity index is 2.85. The van der Waals surface area contributed by atoms with Crippen molar-refractivity contribution in [2.45, 2.75) is 39.4 Å². The standard InChI is InChI=1S/C13H18F3N/c1-4-12(9(2)3)17-11-7-5-6-10(8-11)13(14,15)16/h5-9,12,17H,4H2,1-3H3. The molecule has 0 saturated carbocycles. The molecule has 1 aromatic rings. The zero-order valence-electron chi connectivity index (χ0n) is 10.3. The molecule has 0 aromatic heterocycles. The van der Waals surface area contributed by atoms with Gasteiger partial charge in [-0.1, -0.05) is 26.8 Å². The van der Waals surface area contributed by atoms with Gasteiger partial charge in [0.25, 0.3) is 0 Å². The van der Waals surface area contributed by atoms with Crippen LogP contribution in [-0.2, 0) is 6.18 Å². The molecule has 0 aliphatic carbocycles. The normalized spacial score (nSPS) is 13.8. The summed E-state index contributed by atoms with van der Waals surface area (Å²) in [6, 6.07) is 5.53. The van der Waals surface area contributed by atoms with Crippen LogP contribution >= 0.6 is 0 Å². The maximum absolute atomic E-state index is 12.5. The van der Waals surface area contributed by atoms with Gasteiger partial charge in [0.15, 0.2) is 0 Å². The molecular weight excluding hydrogens is 227 g/mol. The van der Waals surface area contributed by atoms with E-state index in [-0.39, 0.29) is 6.04 Å². The van der Waals surface area contributed by atoms with Gasteiger partial charge in [-0.3, -0.25) is 0 Å². The zero-order valence-corrected chi connectivity index (χ0v) is 10.3. The van der Waals surface area contributed by atoms with E-state index < -0.39 is 11.7 Å². The average molecular weight is 245 g/mol. The van der Waals surface area contributed by atoms with Gasteiger partial charge in [-0.2, -0.15) is 13.2 Å². The van der Waals surface area contributed by atoms with Crippen LogP contribution in [0.1, 0.15) is 32.8 Å². The van der Waals surface area contributed by atoms with Crippen LogP contribution in [0.15, 0.2) is 24.3 Å². The summed E-state index contributed by atoms with van der Waals surface area (Å²) in [7, 11) is 0. The largest absolute Gasteiger partial charge is 0.416 e. The number of rotatable bonds is 4. The number of alkyl halides is 3. The monoisotopic (exact) mass is 245 g/mol. The van der Waals surface area contributed by atoms with Gasteiger partial charge in [-0.15, -0.1) is 0 Å². The predicted octanol–water partition coefficient (Wildman–Crippen LogP) is 4.55. The molecule has 0 amide bonds. The lowest BCUT2D eigenvalue weighted by atomic mass is 10.0. The van der Waals surface area contributed by atoms with Crippen molar-refractivity contribution in [2.75, 3.05) is 5.32 Å². The third-order valence-corrected chi connectivity index (χ3v) is 2.79. The Hall–Kier alpha value is -1.19. The van der Waals surface area contributed by atoms with E-state index in [0.29, 0.717) is 11.6 Å². The van der Waals surface area contributed by atoms with Gasteiger partial charge < -0.3 is 5.32 Å². The fraction of sp³-hybridized carbons (Fsp3) is 0.538. The Morgan fingerprint density at radius 2 is 1.88 bits per heavy atom. The number of nitrogens with one attached hydrogen (secondary N) is 1. The summed E-state index contributed by atoms with van der Waals surface area (Å²) in [5.74, 6) is 0.384. The molecule has 0 radical (unpaired) electrons. The Bertz CT molecular complexity index is 358. The van der Waals surface area contributed by atoms with Crippen LogP contribution in [0.5, 0.6) is 0 Å². The number of hydrogen-bond acceptors (Lipinski definition) is 1. The minimum absolute atomic E-state index is 0.193. The molecule has 1 rings (SSSR count). The van der Waals surface area contributed by atoms with Gasteiger partial charge in [0, 0.05) is 11.7 Å². The summed E-state index contributed by atoms with van der Waals surface area (Å²) >= 11 is 0. The van der Waals surface area contributed by atoms with Gasteiger partial charge in [-0.05, 0) is 30.5 Å². The van der Waals surface area contributed by atoms with Crippen molar-refractivity contribution < 1.29 is 13.2 Å². The van der Waals surface area contributed by atoms with Gasteiger partial charge in [-0.25, -0.2) is 0 Å². The van der Waals surface area contributed by atoms with E-state index in [1.165, 1.54) is 6.07 Å². The molecule has 0 saturated heterocycles. The fourth-order valence-electron chi connectivity index (χ4n) is 1.74. The molecular formula is C13H18F3N. The smallest absolute Gasteiger partial charge is 0.382 e. The average Bonchev–Trinajstić information content (AvgIpc) is 2.24. The second kappa shape index (κ2) is 5.43. The quantitative estimate of drug-likeness (QED) is 0.820. The van der Waals surface area contributed by atoms with E-state index in [1.807, 2.05) is 6.92 Å². The first-order valence-corrected chi connectivity index (χ1v) is 5.78. The SMILES string of the molecule is CCC(Nc1cccc(C(F)(F)F)c1)C(C)C. The van der Waals surface area contributed by atoms with E-state index >= 15 is 0 Å². The van der Waals surface area contributed by atoms with E-state index in [4.69, 9.17) is 0 Å². The summed E-state index contributed by atoms with van der Waals surface area (Å²) in [6.07, 6.45) is -3.40. The summed E-state index contributed by atoms with van der Waals surface area (Å²) in [4.78, 5) is 0. The third kappa shape index (κ3) is 3.95. The first-order valence-electron chi connectivity index (χ1n) is 5.78. The molecule has 0 fully saturated rings. The Kier molecular flexibility index (Phi) is 4.43. The van der Waals surface area contributed by atoms with E-state index in [1.54, 1.807) is 6.07 Å². The Morgan fingerprint density at radius 1 is 1.24 bits per heavy atom. The van der Waals surface area contributed by atoms with Gasteiger partial charge in [0.05, 0.1) is 5.56 Å². The molecule has 1 nitrogen and oxygen atoms in total. The Labute approximate surface area is 100 Å². The van der Waals surface area contributed by atoms with E-state index in [0.717, 1.165) is 18.6 Å². The van der Waals surface area contributed by atoms with Crippen molar-refractivity contribution in [3.8, 4) is 0 Å². The van der Waals surface area contributed by atoms with Crippen molar-refractivity contribution in [1.29, 1.82) is 0 Å². The molecule has 0 spiro atoms. The van der Waals surface area contributed by atoms with Crippen LogP contribution in [0.3, 0.4) is 0 Å². The van der Waals surface area contributed by atoms with Crippen molar-refractivity contribution in [2.24, 2.45) is 5.92 Å². The fourth-order valence-corrected chi connectivity index (χ4v) is 1.74. The second-order valence-electron chi connectivity index (χ2n) is 4.48. The van der Waals surface area contributed by atoms with Crippen LogP contribution in [-0.4, -0.2) is 6.04 Å². The molecule has 0 bridgehead atoms. The van der Waals surface area contributed by atoms with E-state index in [2.05, 4.69) is 19.2 Å². The van der Waals surface area contributed by atoms with Crippen LogP contribution in [0.4, 0.5) is 18.9 Å². The van der Waals surface area contributed by atoms with Gasteiger partial charge >= 0.3 is 6.18 Å². The highest BCUT2D eigenvalue weighted by atomic mass is 19.4. The number of anilines is 1. The van der Waals surface area contributed by atoms with Crippen molar-refractivity contribution in [3.05, 3.63) is 29.8 Å². The van der Waals surface area contributed by atoms with Gasteiger partial charge in [0.2, 0.25) is 0 Å². The lowest BCUT2D eigenvalue weighted by molar-refractivity contribution is -0.137. The summed E-state index contributed by atoms with van der Waals surface area (Å²) in [6.45, 7) is 6.12. The highest BCUT2D eigenvalue weighted by Crippen LogP contribution is 2.31. The molecule has 0 heterocycles. The number of halogens is 3. The van der Waals surface area contributed by atoms with Crippen molar-refractivity contribution in [1.82, 2.24) is 0 Å². The van der Waals surface area contributed by atoms with Crippen LogP contribution in [0, 0.1) is 5.92 Å². The topological polar surface area (TPSA) is 12.0 Å². The predicted molar refractivity (Wildman–Crippen MR) is 64.0 cm³/mol. The maximum atomic E-state index is 12.5. The minimum Gasteiger partial charge on any atom is -0.382 e. The second-order valence-corrected chi connectivity index (χ2v) is 4.48. The molecule has 17 heavy (non-hydrogen) atoms. The van der Waals surface area contributed by atoms with Gasteiger partial charge in [0.1, 0.15) is 0 Å². The first-order chi connectivity index (χ1) is 7.84. The highest BCUT2D eigenvalue weighted by molar-refractivity contribution is 5.47. The minimum atomic E-state index is -4.28. The summed E-state index contributed by atoms with van der Waals surface area (Å²) in [5.41, 5.74) is -0.0820. The third-order valence-electron chi connectivity index (χ3n) is 2.79. The first kappa shape index (κ1) is 13.9. The summed E-state index contributed by atoms with van der Waals surface area (Å²) in [5, 5.41) is 3.14. The molecule has 0 aliphatic heterocycles. The molecule has 4 heteroatoms.